The summed E-state index contributed by atoms with van der Waals surface area (Å²) in [4.78, 5) is 12.4. The van der Waals surface area contributed by atoms with Crippen LogP contribution in [0, 0.1) is 11.8 Å². The zero-order valence-electron chi connectivity index (χ0n) is 15.2. The lowest BCUT2D eigenvalue weighted by Crippen LogP contribution is -2.40. The zero-order chi connectivity index (χ0) is 17.4. The summed E-state index contributed by atoms with van der Waals surface area (Å²) in [5, 5.41) is 3.24. The van der Waals surface area contributed by atoms with E-state index in [1.807, 2.05) is 6.92 Å². The minimum absolute atomic E-state index is 0.116. The highest BCUT2D eigenvalue weighted by atomic mass is 16.1. The second-order valence-corrected chi connectivity index (χ2v) is 7.72. The molecule has 2 atom stereocenters. The molecule has 130 valence electrons. The third-order valence-electron chi connectivity index (χ3n) is 6.13. The largest absolute Gasteiger partial charge is 0.356 e. The molecule has 3 aliphatic rings. The fraction of sp³-hybridized carbons (Fsp3) is 0.435. The van der Waals surface area contributed by atoms with Gasteiger partial charge in [0.05, 0.1) is 0 Å². The topological polar surface area (TPSA) is 29.1 Å². The molecular formula is C23H27NO. The van der Waals surface area contributed by atoms with Crippen molar-refractivity contribution in [3.05, 3.63) is 70.8 Å². The van der Waals surface area contributed by atoms with Gasteiger partial charge in [-0.15, -0.1) is 0 Å². The molecule has 2 aromatic carbocycles. The lowest BCUT2D eigenvalue weighted by Gasteiger charge is -2.45. The van der Waals surface area contributed by atoms with E-state index in [-0.39, 0.29) is 11.8 Å². The highest BCUT2D eigenvalue weighted by Gasteiger charge is 2.42. The van der Waals surface area contributed by atoms with Crippen LogP contribution in [0.15, 0.2) is 48.5 Å². The van der Waals surface area contributed by atoms with Crippen molar-refractivity contribution >= 4 is 5.91 Å². The van der Waals surface area contributed by atoms with Gasteiger partial charge in [-0.25, -0.2) is 0 Å². The van der Waals surface area contributed by atoms with E-state index < -0.39 is 0 Å². The third kappa shape index (κ3) is 2.78. The molecule has 0 saturated heterocycles. The van der Waals surface area contributed by atoms with Crippen LogP contribution < -0.4 is 5.32 Å². The Morgan fingerprint density at radius 3 is 2.16 bits per heavy atom. The smallest absolute Gasteiger partial charge is 0.222 e. The minimum atomic E-state index is 0.116. The van der Waals surface area contributed by atoms with Gasteiger partial charge in [0.15, 0.2) is 0 Å². The van der Waals surface area contributed by atoms with Gasteiger partial charge in [0.2, 0.25) is 5.91 Å². The van der Waals surface area contributed by atoms with Crippen molar-refractivity contribution in [3.8, 4) is 0 Å². The standard InChI is InChI=1S/C23H27NO/c1-3-8-15(2)23(25)24-14-16-13-21-17-9-4-6-11-19(17)22(16)20-12-7-5-10-18(20)21/h4-7,9-12,15-16,21-22H,3,8,13-14H2,1-2H3,(H,24,25)/t15-,16-,21?,22?/m0/s1. The monoisotopic (exact) mass is 333 g/mol. The summed E-state index contributed by atoms with van der Waals surface area (Å²) < 4.78 is 0. The van der Waals surface area contributed by atoms with Crippen LogP contribution in [0.5, 0.6) is 0 Å². The first kappa shape index (κ1) is 16.4. The number of hydrogen-bond acceptors (Lipinski definition) is 1. The Kier molecular flexibility index (Phi) is 4.37. The van der Waals surface area contributed by atoms with Crippen LogP contribution in [0.3, 0.4) is 0 Å². The lowest BCUT2D eigenvalue weighted by atomic mass is 9.59. The molecule has 1 amide bonds. The van der Waals surface area contributed by atoms with Crippen molar-refractivity contribution in [2.45, 2.75) is 44.9 Å². The quantitative estimate of drug-likeness (QED) is 0.834. The summed E-state index contributed by atoms with van der Waals surface area (Å²) in [6.45, 7) is 4.96. The van der Waals surface area contributed by atoms with Crippen molar-refractivity contribution in [3.63, 3.8) is 0 Å². The lowest BCUT2D eigenvalue weighted by molar-refractivity contribution is -0.124. The average Bonchev–Trinajstić information content (AvgIpc) is 2.66. The molecule has 0 fully saturated rings. The Morgan fingerprint density at radius 2 is 1.60 bits per heavy atom. The van der Waals surface area contributed by atoms with Gasteiger partial charge in [-0.3, -0.25) is 4.79 Å². The molecule has 0 heterocycles. The summed E-state index contributed by atoms with van der Waals surface area (Å²) in [6.07, 6.45) is 3.17. The van der Waals surface area contributed by atoms with Gasteiger partial charge in [-0.1, -0.05) is 68.8 Å². The first-order valence-corrected chi connectivity index (χ1v) is 9.66. The van der Waals surface area contributed by atoms with E-state index in [9.17, 15) is 4.79 Å². The van der Waals surface area contributed by atoms with Crippen LogP contribution in [-0.2, 0) is 4.79 Å². The van der Waals surface area contributed by atoms with Crippen LogP contribution in [-0.4, -0.2) is 12.5 Å². The fourth-order valence-electron chi connectivity index (χ4n) is 4.93. The van der Waals surface area contributed by atoms with Crippen molar-refractivity contribution in [2.75, 3.05) is 6.54 Å². The number of nitrogens with one attached hydrogen (secondary N) is 1. The summed E-state index contributed by atoms with van der Waals surface area (Å²) in [6, 6.07) is 17.8. The summed E-state index contributed by atoms with van der Waals surface area (Å²) >= 11 is 0. The number of fused-ring (bicyclic) bond motifs is 1. The predicted molar refractivity (Wildman–Crippen MR) is 102 cm³/mol. The van der Waals surface area contributed by atoms with E-state index >= 15 is 0 Å². The molecular weight excluding hydrogens is 306 g/mol. The molecule has 0 spiro atoms. The number of hydrogen-bond donors (Lipinski definition) is 1. The maximum atomic E-state index is 12.4. The molecule has 0 aliphatic heterocycles. The Labute approximate surface area is 150 Å². The Bertz CT molecular complexity index is 734. The van der Waals surface area contributed by atoms with Gasteiger partial charge in [-0.05, 0) is 41.0 Å². The van der Waals surface area contributed by atoms with Crippen LogP contribution in [0.1, 0.15) is 67.2 Å². The summed E-state index contributed by atoms with van der Waals surface area (Å²) in [5.74, 6) is 1.72. The Hall–Kier alpha value is -2.09. The third-order valence-corrected chi connectivity index (χ3v) is 6.13. The zero-order valence-corrected chi connectivity index (χ0v) is 15.2. The van der Waals surface area contributed by atoms with E-state index in [1.54, 1.807) is 0 Å². The van der Waals surface area contributed by atoms with Gasteiger partial charge in [-0.2, -0.15) is 0 Å². The van der Waals surface area contributed by atoms with E-state index in [0.29, 0.717) is 17.8 Å². The van der Waals surface area contributed by atoms with E-state index in [0.717, 1.165) is 25.8 Å². The minimum Gasteiger partial charge on any atom is -0.356 e. The second-order valence-electron chi connectivity index (χ2n) is 7.72. The van der Waals surface area contributed by atoms with Crippen molar-refractivity contribution in [1.82, 2.24) is 5.32 Å². The van der Waals surface area contributed by atoms with Gasteiger partial charge >= 0.3 is 0 Å². The Morgan fingerprint density at radius 1 is 1.04 bits per heavy atom. The fourth-order valence-corrected chi connectivity index (χ4v) is 4.93. The molecule has 1 N–H and O–H groups in total. The molecule has 0 radical (unpaired) electrons. The highest BCUT2D eigenvalue weighted by molar-refractivity contribution is 5.78. The van der Waals surface area contributed by atoms with Crippen LogP contribution >= 0.6 is 0 Å². The molecule has 2 aromatic rings. The van der Waals surface area contributed by atoms with Crippen LogP contribution in [0.25, 0.3) is 0 Å². The van der Waals surface area contributed by atoms with Gasteiger partial charge < -0.3 is 5.32 Å². The maximum absolute atomic E-state index is 12.4. The van der Waals surface area contributed by atoms with Crippen LogP contribution in [0.2, 0.25) is 0 Å². The van der Waals surface area contributed by atoms with E-state index in [1.165, 1.54) is 22.3 Å². The summed E-state index contributed by atoms with van der Waals surface area (Å²) in [7, 11) is 0. The number of rotatable bonds is 5. The van der Waals surface area contributed by atoms with Gasteiger partial charge in [0.25, 0.3) is 0 Å². The first-order chi connectivity index (χ1) is 12.2. The van der Waals surface area contributed by atoms with Crippen molar-refractivity contribution < 1.29 is 4.79 Å². The second kappa shape index (κ2) is 6.67. The van der Waals surface area contributed by atoms with Crippen molar-refractivity contribution in [2.24, 2.45) is 11.8 Å². The SMILES string of the molecule is CCC[C@H](C)C(=O)NC[C@@H]1CC2c3ccccc3C1c1ccccc12. The van der Waals surface area contributed by atoms with E-state index in [2.05, 4.69) is 60.8 Å². The summed E-state index contributed by atoms with van der Waals surface area (Å²) in [5.41, 5.74) is 5.93. The molecule has 2 heteroatoms. The average molecular weight is 333 g/mol. The predicted octanol–water partition coefficient (Wildman–Crippen LogP) is 4.84. The van der Waals surface area contributed by atoms with Crippen molar-refractivity contribution in [1.29, 1.82) is 0 Å². The highest BCUT2D eigenvalue weighted by Crippen LogP contribution is 2.55. The first-order valence-electron chi connectivity index (χ1n) is 9.66. The maximum Gasteiger partial charge on any atom is 0.222 e. The molecule has 5 rings (SSSR count). The molecule has 0 aromatic heterocycles. The normalized spacial score (nSPS) is 24.3. The molecule has 2 bridgehead atoms. The number of carbonyl (C=O) groups is 1. The number of benzene rings is 2. The molecule has 2 nitrogen and oxygen atoms in total. The Balaban J connectivity index is 1.60. The molecule has 25 heavy (non-hydrogen) atoms. The number of amides is 1. The molecule has 0 unspecified atom stereocenters. The van der Waals surface area contributed by atoms with E-state index in [4.69, 9.17) is 0 Å². The van der Waals surface area contributed by atoms with Gasteiger partial charge in [0.1, 0.15) is 0 Å². The molecule has 0 saturated carbocycles. The van der Waals surface area contributed by atoms with Gasteiger partial charge in [0, 0.05) is 24.3 Å². The molecule has 3 aliphatic carbocycles. The van der Waals surface area contributed by atoms with Crippen LogP contribution in [0.4, 0.5) is 0 Å². The number of carbonyl (C=O) groups excluding carboxylic acids is 1.